The summed E-state index contributed by atoms with van der Waals surface area (Å²) < 4.78 is 5.29. The van der Waals surface area contributed by atoms with Crippen LogP contribution in [0, 0.1) is 11.8 Å². The predicted octanol–water partition coefficient (Wildman–Crippen LogP) is 2.79. The minimum absolute atomic E-state index is 0.0831. The Kier molecular flexibility index (Phi) is 4.14. The maximum atomic E-state index is 12.4. The number of amides is 1. The van der Waals surface area contributed by atoms with E-state index in [1.54, 1.807) is 0 Å². The molecule has 1 aromatic rings. The smallest absolute Gasteiger partial charge is 0.273 e. The van der Waals surface area contributed by atoms with Crippen LogP contribution in [0.25, 0.3) is 0 Å². The summed E-state index contributed by atoms with van der Waals surface area (Å²) in [5.41, 5.74) is 0.438. The summed E-state index contributed by atoms with van der Waals surface area (Å²) in [6, 6.07) is 2.05. The minimum Gasteiger partial charge on any atom is -0.360 e. The van der Waals surface area contributed by atoms with Gasteiger partial charge in [0.25, 0.3) is 5.91 Å². The first kappa shape index (κ1) is 15.2. The molecule has 2 saturated carbocycles. The standard InChI is InChI=1S/C18H27N3O2/c1-12-9-21(10-13-4-2-3-5-13)11-16(12)19-18(22)15-8-17(23-20-15)14-6-7-14/h8,12-14,16H,2-7,9-11H2,1H3,(H,19,22)/t12-,16+/m0/s1. The van der Waals surface area contributed by atoms with Crippen LogP contribution in [0.4, 0.5) is 0 Å². The van der Waals surface area contributed by atoms with E-state index in [-0.39, 0.29) is 11.9 Å². The second-order valence-corrected chi connectivity index (χ2v) is 7.82. The quantitative estimate of drug-likeness (QED) is 0.907. The lowest BCUT2D eigenvalue weighted by Crippen LogP contribution is -2.40. The van der Waals surface area contributed by atoms with E-state index in [1.165, 1.54) is 32.2 Å². The van der Waals surface area contributed by atoms with E-state index in [0.717, 1.165) is 37.6 Å². The van der Waals surface area contributed by atoms with Gasteiger partial charge in [0, 0.05) is 37.7 Å². The van der Waals surface area contributed by atoms with Crippen molar-refractivity contribution >= 4 is 5.91 Å². The van der Waals surface area contributed by atoms with E-state index in [1.807, 2.05) is 6.07 Å². The van der Waals surface area contributed by atoms with Gasteiger partial charge in [-0.2, -0.15) is 0 Å². The van der Waals surface area contributed by atoms with Crippen LogP contribution in [0.1, 0.15) is 67.6 Å². The second-order valence-electron chi connectivity index (χ2n) is 7.82. The third-order valence-corrected chi connectivity index (χ3v) is 5.74. The number of hydrogen-bond donors (Lipinski definition) is 1. The molecule has 0 spiro atoms. The molecule has 2 aliphatic carbocycles. The zero-order valence-corrected chi connectivity index (χ0v) is 14.0. The molecule has 0 bridgehead atoms. The average molecular weight is 317 g/mol. The summed E-state index contributed by atoms with van der Waals surface area (Å²) >= 11 is 0. The van der Waals surface area contributed by atoms with Crippen molar-refractivity contribution in [2.75, 3.05) is 19.6 Å². The number of likely N-dealkylation sites (tertiary alicyclic amines) is 1. The van der Waals surface area contributed by atoms with Crippen LogP contribution in [0.2, 0.25) is 0 Å². The molecular weight excluding hydrogens is 290 g/mol. The Balaban J connectivity index is 1.31. The molecule has 1 N–H and O–H groups in total. The van der Waals surface area contributed by atoms with Crippen molar-refractivity contribution in [1.82, 2.24) is 15.4 Å². The van der Waals surface area contributed by atoms with E-state index >= 15 is 0 Å². The molecule has 4 rings (SSSR count). The minimum atomic E-state index is -0.0831. The van der Waals surface area contributed by atoms with Gasteiger partial charge in [0.15, 0.2) is 5.69 Å². The molecule has 23 heavy (non-hydrogen) atoms. The van der Waals surface area contributed by atoms with Crippen LogP contribution in [0.3, 0.4) is 0 Å². The van der Waals surface area contributed by atoms with Crippen molar-refractivity contribution in [2.45, 2.75) is 57.4 Å². The molecule has 3 aliphatic rings. The van der Waals surface area contributed by atoms with Crippen LogP contribution in [0.15, 0.2) is 10.6 Å². The lowest BCUT2D eigenvalue weighted by Gasteiger charge is -2.20. The molecule has 5 heteroatoms. The first-order chi connectivity index (χ1) is 11.2. The van der Waals surface area contributed by atoms with Gasteiger partial charge in [-0.25, -0.2) is 0 Å². The number of rotatable bonds is 5. The fourth-order valence-corrected chi connectivity index (χ4v) is 4.16. The Hall–Kier alpha value is -1.36. The topological polar surface area (TPSA) is 58.4 Å². The highest BCUT2D eigenvalue weighted by Gasteiger charge is 2.34. The molecule has 126 valence electrons. The van der Waals surface area contributed by atoms with Gasteiger partial charge >= 0.3 is 0 Å². The molecule has 1 saturated heterocycles. The number of carbonyl (C=O) groups excluding carboxylic acids is 1. The third-order valence-electron chi connectivity index (χ3n) is 5.74. The first-order valence-electron chi connectivity index (χ1n) is 9.19. The summed E-state index contributed by atoms with van der Waals surface area (Å²) in [4.78, 5) is 14.9. The Labute approximate surface area is 137 Å². The fourth-order valence-electron chi connectivity index (χ4n) is 4.16. The second kappa shape index (κ2) is 6.27. The zero-order valence-electron chi connectivity index (χ0n) is 14.0. The van der Waals surface area contributed by atoms with Crippen LogP contribution in [0.5, 0.6) is 0 Å². The number of hydrogen-bond acceptors (Lipinski definition) is 4. The van der Waals surface area contributed by atoms with Crippen LogP contribution < -0.4 is 5.32 Å². The van der Waals surface area contributed by atoms with Gasteiger partial charge in [0.2, 0.25) is 0 Å². The SMILES string of the molecule is C[C@H]1CN(CC2CCCC2)C[C@H]1NC(=O)c1cc(C2CC2)on1. The molecule has 0 radical (unpaired) electrons. The predicted molar refractivity (Wildman–Crippen MR) is 87.3 cm³/mol. The molecule has 1 aromatic heterocycles. The van der Waals surface area contributed by atoms with Crippen molar-refractivity contribution in [1.29, 1.82) is 0 Å². The van der Waals surface area contributed by atoms with Crippen LogP contribution >= 0.6 is 0 Å². The Morgan fingerprint density at radius 1 is 1.30 bits per heavy atom. The summed E-state index contributed by atoms with van der Waals surface area (Å²) in [5, 5.41) is 7.12. The van der Waals surface area contributed by atoms with Crippen LogP contribution in [-0.4, -0.2) is 41.6 Å². The zero-order chi connectivity index (χ0) is 15.8. The highest BCUT2D eigenvalue weighted by atomic mass is 16.5. The molecule has 5 nitrogen and oxygen atoms in total. The van der Waals surface area contributed by atoms with Gasteiger partial charge in [0.1, 0.15) is 5.76 Å². The molecule has 3 fully saturated rings. The number of aromatic nitrogens is 1. The summed E-state index contributed by atoms with van der Waals surface area (Å²) in [6.07, 6.45) is 7.86. The molecule has 0 unspecified atom stereocenters. The van der Waals surface area contributed by atoms with Gasteiger partial charge in [0.05, 0.1) is 0 Å². The van der Waals surface area contributed by atoms with Crippen molar-refractivity contribution in [3.63, 3.8) is 0 Å². The number of nitrogens with one attached hydrogen (secondary N) is 1. The largest absolute Gasteiger partial charge is 0.360 e. The summed E-state index contributed by atoms with van der Waals surface area (Å²) in [5.74, 6) is 2.65. The lowest BCUT2D eigenvalue weighted by molar-refractivity contribution is 0.0922. The van der Waals surface area contributed by atoms with Crippen molar-refractivity contribution < 1.29 is 9.32 Å². The molecule has 2 atom stereocenters. The molecule has 0 aromatic carbocycles. The molecule has 2 heterocycles. The molecular formula is C18H27N3O2. The van der Waals surface area contributed by atoms with Gasteiger partial charge in [-0.05, 0) is 37.5 Å². The van der Waals surface area contributed by atoms with Gasteiger partial charge in [-0.3, -0.25) is 4.79 Å². The first-order valence-corrected chi connectivity index (χ1v) is 9.19. The van der Waals surface area contributed by atoms with Gasteiger partial charge < -0.3 is 14.7 Å². The van der Waals surface area contributed by atoms with Gasteiger partial charge in [-0.15, -0.1) is 0 Å². The number of nitrogens with zero attached hydrogens (tertiary/aromatic N) is 2. The normalized spacial score (nSPS) is 29.3. The van der Waals surface area contributed by atoms with Crippen molar-refractivity contribution in [3.8, 4) is 0 Å². The molecule has 1 amide bonds. The Bertz CT molecular complexity index is 560. The van der Waals surface area contributed by atoms with E-state index < -0.39 is 0 Å². The number of carbonyl (C=O) groups is 1. The summed E-state index contributed by atoms with van der Waals surface area (Å²) in [7, 11) is 0. The monoisotopic (exact) mass is 317 g/mol. The Morgan fingerprint density at radius 3 is 2.83 bits per heavy atom. The third kappa shape index (κ3) is 3.44. The van der Waals surface area contributed by atoms with E-state index in [2.05, 4.69) is 22.3 Å². The van der Waals surface area contributed by atoms with E-state index in [9.17, 15) is 4.79 Å². The Morgan fingerprint density at radius 2 is 2.09 bits per heavy atom. The van der Waals surface area contributed by atoms with Gasteiger partial charge in [-0.1, -0.05) is 24.9 Å². The van der Waals surface area contributed by atoms with E-state index in [4.69, 9.17) is 4.52 Å². The lowest BCUT2D eigenvalue weighted by atomic mass is 10.1. The van der Waals surface area contributed by atoms with Crippen LogP contribution in [-0.2, 0) is 0 Å². The van der Waals surface area contributed by atoms with Crippen molar-refractivity contribution in [3.05, 3.63) is 17.5 Å². The maximum absolute atomic E-state index is 12.4. The average Bonchev–Trinajstić information content (AvgIpc) is 2.94. The molecule has 1 aliphatic heterocycles. The highest BCUT2D eigenvalue weighted by molar-refractivity contribution is 5.92. The highest BCUT2D eigenvalue weighted by Crippen LogP contribution is 2.40. The maximum Gasteiger partial charge on any atom is 0.273 e. The fraction of sp³-hybridized carbons (Fsp3) is 0.778. The summed E-state index contributed by atoms with van der Waals surface area (Å²) in [6.45, 7) is 5.49. The van der Waals surface area contributed by atoms with Crippen molar-refractivity contribution in [2.24, 2.45) is 11.8 Å². The van der Waals surface area contributed by atoms with E-state index in [0.29, 0.717) is 17.5 Å².